The number of rotatable bonds is 7. The summed E-state index contributed by atoms with van der Waals surface area (Å²) >= 11 is 6.00. The van der Waals surface area contributed by atoms with Crippen LogP contribution in [0.3, 0.4) is 0 Å². The molecule has 0 bridgehead atoms. The Kier molecular flexibility index (Phi) is 5.70. The minimum Gasteiger partial charge on any atom is -0.488 e. The molecule has 0 aromatic heterocycles. The number of hydrogen-bond donors (Lipinski definition) is 1. The highest BCUT2D eigenvalue weighted by Crippen LogP contribution is 2.30. The second-order valence-corrected chi connectivity index (χ2v) is 6.26. The molecule has 1 heterocycles. The van der Waals surface area contributed by atoms with E-state index in [9.17, 15) is 0 Å². The molecular formula is C16H25ClN2O. The molecule has 20 heavy (non-hydrogen) atoms. The molecule has 1 aromatic rings. The molecular weight excluding hydrogens is 272 g/mol. The van der Waals surface area contributed by atoms with Crippen molar-refractivity contribution in [1.82, 2.24) is 10.2 Å². The van der Waals surface area contributed by atoms with Crippen molar-refractivity contribution in [3.8, 4) is 5.75 Å². The molecule has 0 saturated carbocycles. The molecule has 1 aromatic carbocycles. The third kappa shape index (κ3) is 4.37. The summed E-state index contributed by atoms with van der Waals surface area (Å²) in [5.74, 6) is 0.987. The van der Waals surface area contributed by atoms with Crippen molar-refractivity contribution in [2.24, 2.45) is 0 Å². The molecule has 0 fully saturated rings. The van der Waals surface area contributed by atoms with Crippen molar-refractivity contribution >= 4 is 11.6 Å². The van der Waals surface area contributed by atoms with Crippen molar-refractivity contribution in [1.29, 1.82) is 0 Å². The maximum absolute atomic E-state index is 6.00. The van der Waals surface area contributed by atoms with Crippen LogP contribution in [0.15, 0.2) is 18.2 Å². The zero-order valence-corrected chi connectivity index (χ0v) is 13.4. The quantitative estimate of drug-likeness (QED) is 0.783. The van der Waals surface area contributed by atoms with Crippen LogP contribution in [0.5, 0.6) is 5.75 Å². The van der Waals surface area contributed by atoms with E-state index >= 15 is 0 Å². The van der Waals surface area contributed by atoms with E-state index in [2.05, 4.69) is 31.1 Å². The molecule has 1 unspecified atom stereocenters. The highest BCUT2D eigenvalue weighted by Gasteiger charge is 2.22. The number of nitrogens with zero attached hydrogens (tertiary/aromatic N) is 1. The van der Waals surface area contributed by atoms with E-state index < -0.39 is 0 Å². The van der Waals surface area contributed by atoms with Gasteiger partial charge in [0, 0.05) is 24.0 Å². The van der Waals surface area contributed by atoms with Crippen LogP contribution in [0.2, 0.25) is 5.02 Å². The first-order chi connectivity index (χ1) is 9.56. The molecule has 1 atom stereocenters. The lowest BCUT2D eigenvalue weighted by atomic mass is 10.1. The second kappa shape index (κ2) is 7.30. The number of halogens is 1. The lowest BCUT2D eigenvalue weighted by molar-refractivity contribution is 0.224. The van der Waals surface area contributed by atoms with Gasteiger partial charge < -0.3 is 15.0 Å². The van der Waals surface area contributed by atoms with Gasteiger partial charge in [0.05, 0.1) is 0 Å². The summed E-state index contributed by atoms with van der Waals surface area (Å²) in [4.78, 5) is 2.37. The Bertz CT molecular complexity index is 436. The van der Waals surface area contributed by atoms with Gasteiger partial charge in [0.1, 0.15) is 11.9 Å². The van der Waals surface area contributed by atoms with Gasteiger partial charge in [-0.3, -0.25) is 0 Å². The molecule has 0 amide bonds. The Hall–Kier alpha value is -0.770. The molecule has 3 nitrogen and oxygen atoms in total. The van der Waals surface area contributed by atoms with Gasteiger partial charge in [-0.2, -0.15) is 0 Å². The van der Waals surface area contributed by atoms with Crippen molar-refractivity contribution in [2.45, 2.75) is 38.8 Å². The Morgan fingerprint density at radius 1 is 1.45 bits per heavy atom. The van der Waals surface area contributed by atoms with Crippen LogP contribution in [0.25, 0.3) is 0 Å². The topological polar surface area (TPSA) is 24.5 Å². The summed E-state index contributed by atoms with van der Waals surface area (Å²) in [5.41, 5.74) is 1.23. The summed E-state index contributed by atoms with van der Waals surface area (Å²) in [6.07, 6.45) is 2.36. The maximum atomic E-state index is 6.00. The second-order valence-electron chi connectivity index (χ2n) is 5.83. The molecule has 0 spiro atoms. The molecule has 0 aliphatic carbocycles. The van der Waals surface area contributed by atoms with E-state index in [-0.39, 0.29) is 6.10 Å². The van der Waals surface area contributed by atoms with E-state index in [1.54, 1.807) is 0 Å². The van der Waals surface area contributed by atoms with Crippen LogP contribution in [0.1, 0.15) is 25.8 Å². The van der Waals surface area contributed by atoms with E-state index in [4.69, 9.17) is 16.3 Å². The first-order valence-electron chi connectivity index (χ1n) is 7.42. The summed E-state index contributed by atoms with van der Waals surface area (Å²) in [6.45, 7) is 7.52. The highest BCUT2D eigenvalue weighted by molar-refractivity contribution is 6.30. The summed E-state index contributed by atoms with van der Waals surface area (Å²) in [7, 11) is 2.17. The average molecular weight is 297 g/mol. The lowest BCUT2D eigenvalue weighted by Crippen LogP contribution is -2.33. The molecule has 0 radical (unpaired) electrons. The Labute approximate surface area is 127 Å². The number of fused-ring (bicyclic) bond motifs is 1. The first kappa shape index (κ1) is 15.6. The monoisotopic (exact) mass is 296 g/mol. The first-order valence-corrected chi connectivity index (χ1v) is 7.80. The molecule has 2 rings (SSSR count). The number of hydrogen-bond acceptors (Lipinski definition) is 3. The Morgan fingerprint density at radius 2 is 2.25 bits per heavy atom. The normalized spacial score (nSPS) is 17.6. The summed E-state index contributed by atoms with van der Waals surface area (Å²) < 4.78 is 5.90. The molecule has 4 heteroatoms. The minimum absolute atomic E-state index is 0.242. The van der Waals surface area contributed by atoms with Gasteiger partial charge in [0.15, 0.2) is 0 Å². The van der Waals surface area contributed by atoms with Crippen molar-refractivity contribution in [2.75, 3.05) is 26.7 Å². The van der Waals surface area contributed by atoms with Gasteiger partial charge in [-0.1, -0.05) is 11.6 Å². The Balaban J connectivity index is 1.63. The molecule has 1 aliphatic heterocycles. The van der Waals surface area contributed by atoms with Crippen LogP contribution in [-0.2, 0) is 6.42 Å². The van der Waals surface area contributed by atoms with Crippen LogP contribution in [0, 0.1) is 0 Å². The third-order valence-electron chi connectivity index (χ3n) is 3.88. The van der Waals surface area contributed by atoms with Crippen molar-refractivity contribution in [3.63, 3.8) is 0 Å². The standard InChI is InChI=1S/C16H25ClN2O/c1-12(2)19(3)8-4-7-18-11-15-10-13-9-14(17)5-6-16(13)20-15/h5-6,9,12,15,18H,4,7-8,10-11H2,1-3H3. The third-order valence-corrected chi connectivity index (χ3v) is 4.12. The van der Waals surface area contributed by atoms with Crippen LogP contribution in [-0.4, -0.2) is 43.7 Å². The fourth-order valence-electron chi connectivity index (χ4n) is 2.38. The predicted molar refractivity (Wildman–Crippen MR) is 84.8 cm³/mol. The van der Waals surface area contributed by atoms with Crippen LogP contribution >= 0.6 is 11.6 Å². The smallest absolute Gasteiger partial charge is 0.123 e. The van der Waals surface area contributed by atoms with Gasteiger partial charge >= 0.3 is 0 Å². The van der Waals surface area contributed by atoms with E-state index in [1.807, 2.05) is 18.2 Å². The minimum atomic E-state index is 0.242. The molecule has 0 saturated heterocycles. The van der Waals surface area contributed by atoms with Gasteiger partial charge in [0.25, 0.3) is 0 Å². The van der Waals surface area contributed by atoms with Gasteiger partial charge in [-0.15, -0.1) is 0 Å². The van der Waals surface area contributed by atoms with Crippen LogP contribution < -0.4 is 10.1 Å². The molecule has 1 N–H and O–H groups in total. The predicted octanol–water partition coefficient (Wildman–Crippen LogP) is 2.96. The van der Waals surface area contributed by atoms with E-state index in [0.29, 0.717) is 6.04 Å². The number of nitrogens with one attached hydrogen (secondary N) is 1. The van der Waals surface area contributed by atoms with Gasteiger partial charge in [-0.05, 0) is 64.2 Å². The number of ether oxygens (including phenoxy) is 1. The highest BCUT2D eigenvalue weighted by atomic mass is 35.5. The zero-order chi connectivity index (χ0) is 14.5. The average Bonchev–Trinajstić information content (AvgIpc) is 2.79. The summed E-state index contributed by atoms with van der Waals surface area (Å²) in [6, 6.07) is 6.48. The van der Waals surface area contributed by atoms with E-state index in [1.165, 1.54) is 12.0 Å². The van der Waals surface area contributed by atoms with Gasteiger partial charge in [-0.25, -0.2) is 0 Å². The molecule has 112 valence electrons. The fourth-order valence-corrected chi connectivity index (χ4v) is 2.57. The lowest BCUT2D eigenvalue weighted by Gasteiger charge is -2.21. The fraction of sp³-hybridized carbons (Fsp3) is 0.625. The zero-order valence-electron chi connectivity index (χ0n) is 12.7. The largest absolute Gasteiger partial charge is 0.488 e. The van der Waals surface area contributed by atoms with Crippen molar-refractivity contribution in [3.05, 3.63) is 28.8 Å². The SMILES string of the molecule is CC(C)N(C)CCCNCC1Cc2cc(Cl)ccc2O1. The van der Waals surface area contributed by atoms with Gasteiger partial charge in [0.2, 0.25) is 0 Å². The van der Waals surface area contributed by atoms with Crippen molar-refractivity contribution < 1.29 is 4.74 Å². The maximum Gasteiger partial charge on any atom is 0.123 e. The summed E-state index contributed by atoms with van der Waals surface area (Å²) in [5, 5.41) is 4.28. The van der Waals surface area contributed by atoms with E-state index in [0.717, 1.165) is 36.8 Å². The Morgan fingerprint density at radius 3 is 3.00 bits per heavy atom. The number of benzene rings is 1. The molecule has 1 aliphatic rings. The van der Waals surface area contributed by atoms with Crippen LogP contribution in [0.4, 0.5) is 0 Å².